The summed E-state index contributed by atoms with van der Waals surface area (Å²) in [6.07, 6.45) is -1.13. The highest BCUT2D eigenvalue weighted by Crippen LogP contribution is 2.20. The standard InChI is InChI=1S/C16H24F3N5O/c1-2-21-15(22-9-14(25)12-3-6-20-7-4-12)23-13-5-8-24(10-13)11-16(17,18)19/h3-4,6-7,13-14,25H,2,5,8-11H2,1H3,(H2,21,22,23). The zero-order valence-electron chi connectivity index (χ0n) is 14.1. The van der Waals surface area contributed by atoms with Gasteiger partial charge in [-0.2, -0.15) is 13.2 Å². The van der Waals surface area contributed by atoms with Gasteiger partial charge in [-0.1, -0.05) is 0 Å². The molecule has 0 radical (unpaired) electrons. The van der Waals surface area contributed by atoms with Crippen molar-refractivity contribution in [2.45, 2.75) is 31.7 Å². The van der Waals surface area contributed by atoms with Gasteiger partial charge in [0.25, 0.3) is 0 Å². The molecule has 2 atom stereocenters. The van der Waals surface area contributed by atoms with Gasteiger partial charge in [0.1, 0.15) is 0 Å². The first-order chi connectivity index (χ1) is 11.9. The van der Waals surface area contributed by atoms with E-state index in [1.54, 1.807) is 24.5 Å². The van der Waals surface area contributed by atoms with Gasteiger partial charge in [-0.15, -0.1) is 0 Å². The zero-order valence-corrected chi connectivity index (χ0v) is 14.1. The van der Waals surface area contributed by atoms with Gasteiger partial charge in [0.15, 0.2) is 5.96 Å². The van der Waals surface area contributed by atoms with Crippen molar-refractivity contribution < 1.29 is 18.3 Å². The molecule has 0 saturated carbocycles. The minimum absolute atomic E-state index is 0.0989. The minimum atomic E-state index is -4.18. The number of aromatic nitrogens is 1. The van der Waals surface area contributed by atoms with Crippen LogP contribution in [0.4, 0.5) is 13.2 Å². The molecule has 1 saturated heterocycles. The van der Waals surface area contributed by atoms with Crippen molar-refractivity contribution in [1.82, 2.24) is 20.5 Å². The van der Waals surface area contributed by atoms with E-state index in [0.717, 1.165) is 0 Å². The number of nitrogens with zero attached hydrogens (tertiary/aromatic N) is 3. The topological polar surface area (TPSA) is 72.8 Å². The predicted octanol–water partition coefficient (Wildman–Crippen LogP) is 1.31. The van der Waals surface area contributed by atoms with Crippen LogP contribution in [-0.4, -0.2) is 65.9 Å². The van der Waals surface area contributed by atoms with Crippen LogP contribution in [0.1, 0.15) is 25.0 Å². The highest BCUT2D eigenvalue weighted by atomic mass is 19.4. The molecule has 25 heavy (non-hydrogen) atoms. The number of aliphatic hydroxyl groups is 1. The number of pyridine rings is 1. The zero-order chi connectivity index (χ0) is 18.3. The number of aliphatic imine (C=N–C) groups is 1. The Hall–Kier alpha value is -1.87. The van der Waals surface area contributed by atoms with Crippen LogP contribution in [0.5, 0.6) is 0 Å². The Balaban J connectivity index is 1.88. The summed E-state index contributed by atoms with van der Waals surface area (Å²) in [5, 5.41) is 16.3. The van der Waals surface area contributed by atoms with E-state index in [0.29, 0.717) is 37.6 Å². The lowest BCUT2D eigenvalue weighted by atomic mass is 10.1. The summed E-state index contributed by atoms with van der Waals surface area (Å²) in [5.41, 5.74) is 0.715. The lowest BCUT2D eigenvalue weighted by Gasteiger charge is -2.20. The average Bonchev–Trinajstić information content (AvgIpc) is 2.98. The molecule has 2 rings (SSSR count). The molecule has 1 aromatic heterocycles. The van der Waals surface area contributed by atoms with Gasteiger partial charge in [0, 0.05) is 38.1 Å². The quantitative estimate of drug-likeness (QED) is 0.528. The smallest absolute Gasteiger partial charge is 0.386 e. The Morgan fingerprint density at radius 1 is 1.44 bits per heavy atom. The first kappa shape index (κ1) is 19.5. The molecule has 3 N–H and O–H groups in total. The molecule has 140 valence electrons. The highest BCUT2D eigenvalue weighted by molar-refractivity contribution is 5.80. The van der Waals surface area contributed by atoms with Crippen LogP contribution in [0.2, 0.25) is 0 Å². The van der Waals surface area contributed by atoms with Gasteiger partial charge in [-0.05, 0) is 31.0 Å². The van der Waals surface area contributed by atoms with E-state index in [1.807, 2.05) is 6.92 Å². The van der Waals surface area contributed by atoms with E-state index >= 15 is 0 Å². The summed E-state index contributed by atoms with van der Waals surface area (Å²) in [5.74, 6) is 0.495. The van der Waals surface area contributed by atoms with Crippen molar-refractivity contribution in [3.63, 3.8) is 0 Å². The van der Waals surface area contributed by atoms with Gasteiger partial charge < -0.3 is 15.7 Å². The van der Waals surface area contributed by atoms with Crippen molar-refractivity contribution in [1.29, 1.82) is 0 Å². The number of nitrogens with one attached hydrogen (secondary N) is 2. The maximum Gasteiger partial charge on any atom is 0.401 e. The van der Waals surface area contributed by atoms with Crippen LogP contribution in [0.25, 0.3) is 0 Å². The second-order valence-corrected chi connectivity index (χ2v) is 6.00. The van der Waals surface area contributed by atoms with E-state index in [4.69, 9.17) is 0 Å². The third-order valence-corrected chi connectivity index (χ3v) is 3.87. The van der Waals surface area contributed by atoms with Gasteiger partial charge in [0.05, 0.1) is 19.2 Å². The Kier molecular flexibility index (Phi) is 7.01. The van der Waals surface area contributed by atoms with E-state index in [-0.39, 0.29) is 12.6 Å². The third-order valence-electron chi connectivity index (χ3n) is 3.87. The number of rotatable bonds is 6. The maximum absolute atomic E-state index is 12.5. The molecule has 1 aliphatic heterocycles. The summed E-state index contributed by atoms with van der Waals surface area (Å²) < 4.78 is 37.4. The van der Waals surface area contributed by atoms with Gasteiger partial charge in [-0.3, -0.25) is 14.9 Å². The number of guanidine groups is 1. The van der Waals surface area contributed by atoms with E-state index in [1.165, 1.54) is 4.90 Å². The first-order valence-electron chi connectivity index (χ1n) is 8.29. The summed E-state index contributed by atoms with van der Waals surface area (Å²) in [4.78, 5) is 9.62. The van der Waals surface area contributed by atoms with Crippen LogP contribution in [0.3, 0.4) is 0 Å². The van der Waals surface area contributed by atoms with E-state index in [2.05, 4.69) is 20.6 Å². The number of hydrogen-bond acceptors (Lipinski definition) is 4. The molecule has 0 amide bonds. The summed E-state index contributed by atoms with van der Waals surface area (Å²) in [6, 6.07) is 3.33. The predicted molar refractivity (Wildman–Crippen MR) is 89.2 cm³/mol. The van der Waals surface area contributed by atoms with Gasteiger partial charge >= 0.3 is 6.18 Å². The second kappa shape index (κ2) is 9.00. The summed E-state index contributed by atoms with van der Waals surface area (Å²) >= 11 is 0. The largest absolute Gasteiger partial charge is 0.401 e. The Labute approximate surface area is 145 Å². The fraction of sp³-hybridized carbons (Fsp3) is 0.625. The van der Waals surface area contributed by atoms with Crippen LogP contribution in [0.15, 0.2) is 29.5 Å². The lowest BCUT2D eigenvalue weighted by molar-refractivity contribution is -0.143. The molecule has 1 aliphatic rings. The van der Waals surface area contributed by atoms with Gasteiger partial charge in [-0.25, -0.2) is 0 Å². The molecule has 1 fully saturated rings. The van der Waals surface area contributed by atoms with E-state index < -0.39 is 18.8 Å². The number of halogens is 3. The van der Waals surface area contributed by atoms with Crippen LogP contribution >= 0.6 is 0 Å². The van der Waals surface area contributed by atoms with Crippen LogP contribution < -0.4 is 10.6 Å². The second-order valence-electron chi connectivity index (χ2n) is 6.00. The molecule has 0 aliphatic carbocycles. The molecule has 1 aromatic rings. The fourth-order valence-corrected chi connectivity index (χ4v) is 2.73. The SMILES string of the molecule is CCNC(=NCC(O)c1ccncc1)NC1CCN(CC(F)(F)F)C1. The summed E-state index contributed by atoms with van der Waals surface area (Å²) in [7, 11) is 0. The minimum Gasteiger partial charge on any atom is -0.386 e. The summed E-state index contributed by atoms with van der Waals surface area (Å²) in [6.45, 7) is 2.50. The number of likely N-dealkylation sites (tertiary alicyclic amines) is 1. The Morgan fingerprint density at radius 3 is 2.80 bits per heavy atom. The van der Waals surface area contributed by atoms with Crippen molar-refractivity contribution in [2.24, 2.45) is 4.99 Å². The molecule has 9 heteroatoms. The molecular weight excluding hydrogens is 335 g/mol. The number of aliphatic hydroxyl groups excluding tert-OH is 1. The highest BCUT2D eigenvalue weighted by Gasteiger charge is 2.34. The molecule has 6 nitrogen and oxygen atoms in total. The molecule has 2 unspecified atom stereocenters. The monoisotopic (exact) mass is 359 g/mol. The molecule has 2 heterocycles. The van der Waals surface area contributed by atoms with Crippen molar-refractivity contribution in [3.05, 3.63) is 30.1 Å². The maximum atomic E-state index is 12.5. The Morgan fingerprint density at radius 2 is 2.16 bits per heavy atom. The van der Waals surface area contributed by atoms with Crippen LogP contribution in [0, 0.1) is 0 Å². The molecular formula is C16H24F3N5O. The molecule has 0 aromatic carbocycles. The number of alkyl halides is 3. The lowest BCUT2D eigenvalue weighted by Crippen LogP contribution is -2.45. The third kappa shape index (κ3) is 6.87. The number of hydrogen-bond donors (Lipinski definition) is 3. The van der Waals surface area contributed by atoms with Crippen molar-refractivity contribution in [2.75, 3.05) is 32.7 Å². The van der Waals surface area contributed by atoms with Gasteiger partial charge in [0.2, 0.25) is 0 Å². The molecule has 0 spiro atoms. The Bertz CT molecular complexity index is 552. The van der Waals surface area contributed by atoms with Crippen molar-refractivity contribution in [3.8, 4) is 0 Å². The molecule has 0 bridgehead atoms. The first-order valence-corrected chi connectivity index (χ1v) is 8.29. The average molecular weight is 359 g/mol. The normalized spacial score (nSPS) is 20.5. The fourth-order valence-electron chi connectivity index (χ4n) is 2.73. The van der Waals surface area contributed by atoms with Crippen LogP contribution in [-0.2, 0) is 0 Å². The van der Waals surface area contributed by atoms with Crippen molar-refractivity contribution >= 4 is 5.96 Å². The van der Waals surface area contributed by atoms with E-state index in [9.17, 15) is 18.3 Å².